The molecule has 4 heterocycles. The summed E-state index contributed by atoms with van der Waals surface area (Å²) in [7, 11) is 0. The molecular formula is C29H32N6O3S. The number of amides is 3. The molecule has 2 aromatic carbocycles. The number of rotatable bonds is 5. The SMILES string of the molecule is Cc1cc(Oc2ccccc2)ccc1N1C(=O)NC2=C(C(=O)NC3CCCN(C#N)CC3)SC3NCCC1C23. The quantitative estimate of drug-likeness (QED) is 0.488. The number of aryl methyl sites for hydroxylation is 1. The minimum absolute atomic E-state index is 0.00920. The first kappa shape index (κ1) is 25.6. The molecule has 6 rings (SSSR count). The molecule has 0 aromatic heterocycles. The third-order valence-electron chi connectivity index (χ3n) is 7.96. The lowest BCUT2D eigenvalue weighted by molar-refractivity contribution is -0.117. The second-order valence-corrected chi connectivity index (χ2v) is 11.6. The number of urea groups is 1. The van der Waals surface area contributed by atoms with E-state index in [0.717, 1.165) is 67.2 Å². The zero-order chi connectivity index (χ0) is 26.9. The summed E-state index contributed by atoms with van der Waals surface area (Å²) in [6.07, 6.45) is 5.46. The summed E-state index contributed by atoms with van der Waals surface area (Å²) in [5.41, 5.74) is 2.53. The summed E-state index contributed by atoms with van der Waals surface area (Å²) >= 11 is 1.52. The molecule has 0 spiro atoms. The predicted molar refractivity (Wildman–Crippen MR) is 150 cm³/mol. The molecule has 4 aliphatic heterocycles. The standard InChI is InChI=1S/C29H32N6O3S/c1-18-16-21(38-20-7-3-2-4-8-20)9-10-22(18)35-23-11-13-31-28-24(23)25(33-29(35)37)26(39-28)27(36)32-19-6-5-14-34(17-30)15-12-19/h2-4,7-10,16,19,23-24,28,31H,5-6,11-15H2,1H3,(H,32,36)(H,33,37). The van der Waals surface area contributed by atoms with Gasteiger partial charge in [0.2, 0.25) is 0 Å². The van der Waals surface area contributed by atoms with E-state index in [9.17, 15) is 14.9 Å². The fraction of sp³-hybridized carbons (Fsp3) is 0.414. The zero-order valence-electron chi connectivity index (χ0n) is 21.9. The lowest BCUT2D eigenvalue weighted by Crippen LogP contribution is -2.62. The van der Waals surface area contributed by atoms with E-state index in [2.05, 4.69) is 22.1 Å². The Kier molecular flexibility index (Phi) is 7.11. The van der Waals surface area contributed by atoms with E-state index in [-0.39, 0.29) is 35.3 Å². The average molecular weight is 545 g/mol. The third kappa shape index (κ3) is 5.04. The number of hydrogen-bond donors (Lipinski definition) is 3. The monoisotopic (exact) mass is 544 g/mol. The van der Waals surface area contributed by atoms with E-state index in [4.69, 9.17) is 4.74 Å². The van der Waals surface area contributed by atoms with Gasteiger partial charge in [0.25, 0.3) is 5.91 Å². The summed E-state index contributed by atoms with van der Waals surface area (Å²) < 4.78 is 6.00. The maximum atomic E-state index is 13.6. The number of nitrogens with zero attached hydrogens (tertiary/aromatic N) is 3. The van der Waals surface area contributed by atoms with E-state index >= 15 is 0 Å². The molecular weight excluding hydrogens is 512 g/mol. The van der Waals surface area contributed by atoms with Gasteiger partial charge in [0.05, 0.1) is 16.3 Å². The van der Waals surface area contributed by atoms with Crippen molar-refractivity contribution in [2.45, 2.75) is 50.1 Å². The average Bonchev–Trinajstić information content (AvgIpc) is 3.15. The maximum absolute atomic E-state index is 13.6. The molecule has 4 aliphatic rings. The first-order valence-electron chi connectivity index (χ1n) is 13.6. The highest BCUT2D eigenvalue weighted by Gasteiger charge is 2.52. The van der Waals surface area contributed by atoms with Crippen LogP contribution in [-0.4, -0.2) is 53.9 Å². The molecule has 0 bridgehead atoms. The number of para-hydroxylation sites is 1. The Balaban J connectivity index is 1.22. The molecule has 3 saturated heterocycles. The predicted octanol–water partition coefficient (Wildman–Crippen LogP) is 4.03. The number of likely N-dealkylation sites (tertiary alicyclic amines) is 1. The molecule has 9 nitrogen and oxygen atoms in total. The Bertz CT molecular complexity index is 1340. The molecule has 0 aliphatic carbocycles. The Morgan fingerprint density at radius 2 is 1.97 bits per heavy atom. The van der Waals surface area contributed by atoms with Crippen LogP contribution in [0.2, 0.25) is 0 Å². The van der Waals surface area contributed by atoms with Crippen LogP contribution >= 0.6 is 11.8 Å². The van der Waals surface area contributed by atoms with E-state index < -0.39 is 0 Å². The van der Waals surface area contributed by atoms with Crippen molar-refractivity contribution in [1.82, 2.24) is 20.9 Å². The number of piperidine rings is 1. The topological polar surface area (TPSA) is 110 Å². The summed E-state index contributed by atoms with van der Waals surface area (Å²) in [6, 6.07) is 15.2. The molecule has 2 aromatic rings. The number of carbonyl (C=O) groups excluding carboxylic acids is 2. The van der Waals surface area contributed by atoms with Gasteiger partial charge in [-0.1, -0.05) is 30.0 Å². The van der Waals surface area contributed by atoms with Crippen LogP contribution in [-0.2, 0) is 4.79 Å². The van der Waals surface area contributed by atoms with Crippen molar-refractivity contribution in [2.75, 3.05) is 24.5 Å². The van der Waals surface area contributed by atoms with Crippen LogP contribution in [0.4, 0.5) is 10.5 Å². The van der Waals surface area contributed by atoms with E-state index in [1.54, 1.807) is 4.90 Å². The Labute approximate surface area is 232 Å². The highest BCUT2D eigenvalue weighted by Crippen LogP contribution is 2.48. The van der Waals surface area contributed by atoms with Crippen molar-refractivity contribution in [3.63, 3.8) is 0 Å². The maximum Gasteiger partial charge on any atom is 0.326 e. The molecule has 10 heteroatoms. The molecule has 39 heavy (non-hydrogen) atoms. The number of thioether (sulfide) groups is 1. The van der Waals surface area contributed by atoms with Gasteiger partial charge in [0, 0.05) is 36.4 Å². The summed E-state index contributed by atoms with van der Waals surface area (Å²) in [5.74, 6) is 1.34. The van der Waals surface area contributed by atoms with Crippen molar-refractivity contribution in [1.29, 1.82) is 5.26 Å². The van der Waals surface area contributed by atoms with Crippen molar-refractivity contribution in [3.8, 4) is 17.7 Å². The highest BCUT2D eigenvalue weighted by atomic mass is 32.2. The van der Waals surface area contributed by atoms with Gasteiger partial charge in [-0.2, -0.15) is 5.26 Å². The first-order chi connectivity index (χ1) is 19.0. The van der Waals surface area contributed by atoms with Gasteiger partial charge in [-0.3, -0.25) is 9.69 Å². The second-order valence-electron chi connectivity index (χ2n) is 10.5. The van der Waals surface area contributed by atoms with Crippen molar-refractivity contribution >= 4 is 29.4 Å². The van der Waals surface area contributed by atoms with Gasteiger partial charge >= 0.3 is 6.03 Å². The molecule has 0 radical (unpaired) electrons. The van der Waals surface area contributed by atoms with Gasteiger partial charge < -0.3 is 25.6 Å². The molecule has 4 atom stereocenters. The summed E-state index contributed by atoms with van der Waals surface area (Å²) in [4.78, 5) is 31.3. The molecule has 0 saturated carbocycles. The summed E-state index contributed by atoms with van der Waals surface area (Å²) in [5, 5.41) is 19.1. The molecule has 3 N–H and O–H groups in total. The number of ether oxygens (including phenoxy) is 1. The lowest BCUT2D eigenvalue weighted by Gasteiger charge is -2.46. The van der Waals surface area contributed by atoms with Gasteiger partial charge in [-0.25, -0.2) is 4.79 Å². The largest absolute Gasteiger partial charge is 0.457 e. The summed E-state index contributed by atoms with van der Waals surface area (Å²) in [6.45, 7) is 4.14. The minimum atomic E-state index is -0.210. The van der Waals surface area contributed by atoms with Crippen LogP contribution in [0.1, 0.15) is 31.2 Å². The normalized spacial score (nSPS) is 26.3. The third-order valence-corrected chi connectivity index (χ3v) is 9.31. The number of nitriles is 1. The van der Waals surface area contributed by atoms with Crippen LogP contribution in [0, 0.1) is 24.3 Å². The number of carbonyl (C=O) groups is 2. The van der Waals surface area contributed by atoms with E-state index in [1.165, 1.54) is 11.8 Å². The number of nitrogens with one attached hydrogen (secondary N) is 3. The minimum Gasteiger partial charge on any atom is -0.457 e. The first-order valence-corrected chi connectivity index (χ1v) is 14.4. The van der Waals surface area contributed by atoms with Crippen molar-refractivity contribution in [3.05, 3.63) is 64.7 Å². The van der Waals surface area contributed by atoms with Crippen molar-refractivity contribution < 1.29 is 14.3 Å². The lowest BCUT2D eigenvalue weighted by atomic mass is 9.86. The van der Waals surface area contributed by atoms with Gasteiger partial charge in [0.15, 0.2) is 6.19 Å². The van der Waals surface area contributed by atoms with Crippen LogP contribution in [0.25, 0.3) is 0 Å². The van der Waals surface area contributed by atoms with Crippen LogP contribution < -0.4 is 25.6 Å². The Morgan fingerprint density at radius 3 is 2.77 bits per heavy atom. The molecule has 4 unspecified atom stereocenters. The molecule has 202 valence electrons. The van der Waals surface area contributed by atoms with Crippen LogP contribution in [0.15, 0.2) is 59.1 Å². The Morgan fingerprint density at radius 1 is 1.13 bits per heavy atom. The van der Waals surface area contributed by atoms with Crippen LogP contribution in [0.3, 0.4) is 0 Å². The fourth-order valence-electron chi connectivity index (χ4n) is 6.08. The van der Waals surface area contributed by atoms with Gasteiger partial charge in [-0.15, -0.1) is 0 Å². The second kappa shape index (κ2) is 10.8. The van der Waals surface area contributed by atoms with Crippen LogP contribution in [0.5, 0.6) is 11.5 Å². The zero-order valence-corrected chi connectivity index (χ0v) is 22.7. The van der Waals surface area contributed by atoms with Crippen molar-refractivity contribution in [2.24, 2.45) is 5.92 Å². The fourth-order valence-corrected chi connectivity index (χ4v) is 7.48. The Hall–Kier alpha value is -3.68. The van der Waals surface area contributed by atoms with E-state index in [0.29, 0.717) is 11.4 Å². The number of hydrogen-bond acceptors (Lipinski definition) is 7. The van der Waals surface area contributed by atoms with Gasteiger partial charge in [-0.05, 0) is 75.0 Å². The number of anilines is 1. The molecule has 3 fully saturated rings. The highest BCUT2D eigenvalue weighted by molar-refractivity contribution is 8.04. The van der Waals surface area contributed by atoms with Gasteiger partial charge in [0.1, 0.15) is 11.5 Å². The smallest absolute Gasteiger partial charge is 0.326 e. The number of benzene rings is 2. The van der Waals surface area contributed by atoms with E-state index in [1.807, 2.05) is 60.4 Å². The molecule has 3 amide bonds.